The molecule has 9 heteroatoms. The molecular weight excluding hydrogens is 438 g/mol. The molecular formula is C24H28ClN7O. The normalized spacial score (nSPS) is 18.0. The highest BCUT2D eigenvalue weighted by molar-refractivity contribution is 6.31. The molecule has 2 atom stereocenters. The van der Waals surface area contributed by atoms with Crippen molar-refractivity contribution in [2.24, 2.45) is 16.5 Å². The van der Waals surface area contributed by atoms with Gasteiger partial charge in [0.05, 0.1) is 17.6 Å². The molecule has 0 bridgehead atoms. The molecule has 172 valence electrons. The van der Waals surface area contributed by atoms with Crippen LogP contribution in [0.3, 0.4) is 0 Å². The summed E-state index contributed by atoms with van der Waals surface area (Å²) in [4.78, 5) is 26.5. The van der Waals surface area contributed by atoms with Crippen LogP contribution in [0, 0.1) is 6.92 Å². The minimum Gasteiger partial charge on any atom is -0.370 e. The van der Waals surface area contributed by atoms with E-state index in [1.165, 1.54) is 0 Å². The zero-order chi connectivity index (χ0) is 23.4. The van der Waals surface area contributed by atoms with Crippen LogP contribution in [0.5, 0.6) is 0 Å². The number of halogens is 1. The molecule has 2 aromatic carbocycles. The van der Waals surface area contributed by atoms with Crippen LogP contribution in [0.1, 0.15) is 47.4 Å². The number of aryl methyl sites for hydroxylation is 1. The Morgan fingerprint density at radius 2 is 1.94 bits per heavy atom. The van der Waals surface area contributed by atoms with E-state index in [0.29, 0.717) is 16.4 Å². The minimum atomic E-state index is -0.370. The van der Waals surface area contributed by atoms with E-state index in [1.807, 2.05) is 43.3 Å². The Labute approximate surface area is 197 Å². The number of fused-ring (bicyclic) bond motifs is 1. The van der Waals surface area contributed by atoms with Crippen molar-refractivity contribution in [1.82, 2.24) is 15.3 Å². The first-order valence-electron chi connectivity index (χ1n) is 11.1. The van der Waals surface area contributed by atoms with Crippen molar-refractivity contribution in [3.05, 3.63) is 64.4 Å². The number of nitrogens with one attached hydrogen (secondary N) is 2. The van der Waals surface area contributed by atoms with Crippen LogP contribution in [0.2, 0.25) is 5.02 Å². The number of nitrogens with two attached hydrogens (primary N) is 2. The summed E-state index contributed by atoms with van der Waals surface area (Å²) in [5.74, 6) is 0.408. The summed E-state index contributed by atoms with van der Waals surface area (Å²) in [6, 6.07) is 13.2. The molecule has 1 amide bonds. The van der Waals surface area contributed by atoms with Crippen LogP contribution in [0.4, 0.5) is 5.82 Å². The SMILES string of the molecule is Cc1ccc2nc(C(=O)NCc3ccccc3Cl)nc(NC3CCCCC3N=C(N)N)c2c1. The van der Waals surface area contributed by atoms with Crippen LogP contribution in [0.15, 0.2) is 47.5 Å². The van der Waals surface area contributed by atoms with Gasteiger partial charge in [0.15, 0.2) is 5.96 Å². The predicted molar refractivity (Wildman–Crippen MR) is 132 cm³/mol. The lowest BCUT2D eigenvalue weighted by molar-refractivity contribution is 0.0941. The number of hydrogen-bond acceptors (Lipinski definition) is 5. The average molecular weight is 466 g/mol. The predicted octanol–water partition coefficient (Wildman–Crippen LogP) is 3.52. The molecule has 6 N–H and O–H groups in total. The number of aromatic nitrogens is 2. The van der Waals surface area contributed by atoms with Gasteiger partial charge >= 0.3 is 0 Å². The highest BCUT2D eigenvalue weighted by atomic mass is 35.5. The Kier molecular flexibility index (Phi) is 6.93. The van der Waals surface area contributed by atoms with Crippen molar-refractivity contribution >= 4 is 40.2 Å². The summed E-state index contributed by atoms with van der Waals surface area (Å²) < 4.78 is 0. The Balaban J connectivity index is 1.63. The number of guanidine groups is 1. The van der Waals surface area contributed by atoms with Gasteiger partial charge < -0.3 is 22.1 Å². The molecule has 0 radical (unpaired) electrons. The molecule has 33 heavy (non-hydrogen) atoms. The third-order valence-corrected chi connectivity index (χ3v) is 6.19. The first-order chi connectivity index (χ1) is 15.9. The number of nitrogens with zero attached hydrogens (tertiary/aromatic N) is 3. The monoisotopic (exact) mass is 465 g/mol. The molecule has 1 aromatic heterocycles. The topological polar surface area (TPSA) is 131 Å². The number of benzene rings is 2. The van der Waals surface area contributed by atoms with E-state index in [-0.39, 0.29) is 36.3 Å². The van der Waals surface area contributed by atoms with E-state index in [2.05, 4.69) is 25.6 Å². The maximum Gasteiger partial charge on any atom is 0.289 e. The Morgan fingerprint density at radius 3 is 2.73 bits per heavy atom. The molecule has 0 saturated heterocycles. The summed E-state index contributed by atoms with van der Waals surface area (Å²) in [7, 11) is 0. The fourth-order valence-electron chi connectivity index (χ4n) is 4.15. The highest BCUT2D eigenvalue weighted by Gasteiger charge is 2.26. The first kappa shape index (κ1) is 22.8. The standard InChI is InChI=1S/C24H28ClN7O/c1-14-10-11-18-16(12-14)21(30-19-8-4-5-9-20(19)31-24(26)27)32-22(29-18)23(33)28-13-15-6-2-3-7-17(15)25/h2-3,6-7,10-12,19-20H,4-5,8-9,13H2,1H3,(H,28,33)(H4,26,27,31)(H,29,30,32). The number of aliphatic imine (C=N–C) groups is 1. The summed E-state index contributed by atoms with van der Waals surface area (Å²) in [5, 5.41) is 7.83. The largest absolute Gasteiger partial charge is 0.370 e. The summed E-state index contributed by atoms with van der Waals surface area (Å²) in [6.45, 7) is 2.29. The minimum absolute atomic E-state index is 0.0125. The smallest absolute Gasteiger partial charge is 0.289 e. The van der Waals surface area contributed by atoms with Crippen molar-refractivity contribution in [1.29, 1.82) is 0 Å². The van der Waals surface area contributed by atoms with Gasteiger partial charge in [-0.05, 0) is 43.5 Å². The third kappa shape index (κ3) is 5.51. The number of amides is 1. The first-order valence-corrected chi connectivity index (χ1v) is 11.4. The van der Waals surface area contributed by atoms with Crippen molar-refractivity contribution in [2.45, 2.75) is 51.2 Å². The Morgan fingerprint density at radius 1 is 1.15 bits per heavy atom. The molecule has 0 spiro atoms. The quantitative estimate of drug-likeness (QED) is 0.325. The number of hydrogen-bond donors (Lipinski definition) is 4. The van der Waals surface area contributed by atoms with Crippen LogP contribution >= 0.6 is 11.6 Å². The van der Waals surface area contributed by atoms with Crippen LogP contribution < -0.4 is 22.1 Å². The van der Waals surface area contributed by atoms with Crippen LogP contribution in [0.25, 0.3) is 10.9 Å². The number of anilines is 1. The number of carbonyl (C=O) groups excluding carboxylic acids is 1. The second kappa shape index (κ2) is 10.0. The average Bonchev–Trinajstić information content (AvgIpc) is 2.79. The van der Waals surface area contributed by atoms with E-state index in [0.717, 1.165) is 42.2 Å². The second-order valence-corrected chi connectivity index (χ2v) is 8.75. The molecule has 1 saturated carbocycles. The third-order valence-electron chi connectivity index (χ3n) is 5.82. The van der Waals surface area contributed by atoms with E-state index >= 15 is 0 Å². The van der Waals surface area contributed by atoms with Gasteiger partial charge in [0, 0.05) is 17.0 Å². The van der Waals surface area contributed by atoms with E-state index < -0.39 is 0 Å². The fourth-order valence-corrected chi connectivity index (χ4v) is 4.35. The number of carbonyl (C=O) groups is 1. The van der Waals surface area contributed by atoms with Crippen molar-refractivity contribution in [3.8, 4) is 0 Å². The summed E-state index contributed by atoms with van der Waals surface area (Å²) in [6.07, 6.45) is 3.94. The molecule has 0 aliphatic heterocycles. The molecule has 3 aromatic rings. The van der Waals surface area contributed by atoms with Crippen LogP contribution in [-0.4, -0.2) is 33.9 Å². The lowest BCUT2D eigenvalue weighted by Crippen LogP contribution is -2.38. The summed E-state index contributed by atoms with van der Waals surface area (Å²) >= 11 is 6.21. The zero-order valence-corrected chi connectivity index (χ0v) is 19.3. The lowest BCUT2D eigenvalue weighted by atomic mass is 9.90. The van der Waals surface area contributed by atoms with Gasteiger partial charge in [0.2, 0.25) is 5.82 Å². The van der Waals surface area contributed by atoms with Gasteiger partial charge in [-0.2, -0.15) is 0 Å². The van der Waals surface area contributed by atoms with Crippen molar-refractivity contribution < 1.29 is 4.79 Å². The van der Waals surface area contributed by atoms with Crippen molar-refractivity contribution in [3.63, 3.8) is 0 Å². The van der Waals surface area contributed by atoms with E-state index in [1.54, 1.807) is 6.07 Å². The fraction of sp³-hybridized carbons (Fsp3) is 0.333. The van der Waals surface area contributed by atoms with Gasteiger partial charge in [-0.1, -0.05) is 54.3 Å². The Hall–Kier alpha value is -3.39. The van der Waals surface area contributed by atoms with Crippen molar-refractivity contribution in [2.75, 3.05) is 5.32 Å². The highest BCUT2D eigenvalue weighted by Crippen LogP contribution is 2.28. The molecule has 1 heterocycles. The molecule has 1 aliphatic carbocycles. The van der Waals surface area contributed by atoms with E-state index in [9.17, 15) is 4.79 Å². The van der Waals surface area contributed by atoms with Gasteiger partial charge in [-0.3, -0.25) is 4.79 Å². The van der Waals surface area contributed by atoms with Gasteiger partial charge in [-0.25, -0.2) is 15.0 Å². The second-order valence-electron chi connectivity index (χ2n) is 8.35. The van der Waals surface area contributed by atoms with Gasteiger partial charge in [0.25, 0.3) is 5.91 Å². The molecule has 2 unspecified atom stereocenters. The maximum absolute atomic E-state index is 12.9. The van der Waals surface area contributed by atoms with Gasteiger partial charge in [-0.15, -0.1) is 0 Å². The molecule has 4 rings (SSSR count). The summed E-state index contributed by atoms with van der Waals surface area (Å²) in [5.41, 5.74) is 13.9. The molecule has 8 nitrogen and oxygen atoms in total. The van der Waals surface area contributed by atoms with Crippen LogP contribution in [-0.2, 0) is 6.54 Å². The van der Waals surface area contributed by atoms with E-state index in [4.69, 9.17) is 23.1 Å². The number of rotatable bonds is 6. The maximum atomic E-state index is 12.9. The molecule has 1 aliphatic rings. The Bertz CT molecular complexity index is 1190. The zero-order valence-electron chi connectivity index (χ0n) is 18.5. The van der Waals surface area contributed by atoms with Gasteiger partial charge in [0.1, 0.15) is 5.82 Å². The molecule has 1 fully saturated rings. The lowest BCUT2D eigenvalue weighted by Gasteiger charge is -2.30.